The van der Waals surface area contributed by atoms with Crippen LogP contribution in [-0.2, 0) is 4.74 Å². The van der Waals surface area contributed by atoms with E-state index in [1.165, 1.54) is 31.6 Å². The van der Waals surface area contributed by atoms with Crippen molar-refractivity contribution >= 4 is 11.5 Å². The Morgan fingerprint density at radius 2 is 1.48 bits per heavy atom. The first-order chi connectivity index (χ1) is 12.0. The predicted molar refractivity (Wildman–Crippen MR) is 102 cm³/mol. The van der Waals surface area contributed by atoms with Crippen LogP contribution >= 0.6 is 0 Å². The van der Waals surface area contributed by atoms with E-state index in [1.807, 2.05) is 12.1 Å². The first-order valence-electron chi connectivity index (χ1n) is 9.78. The quantitative estimate of drug-likeness (QED) is 0.762. The molecule has 0 amide bonds. The summed E-state index contributed by atoms with van der Waals surface area (Å²) in [7, 11) is 0. The van der Waals surface area contributed by atoms with Gasteiger partial charge in [-0.05, 0) is 70.7 Å². The van der Waals surface area contributed by atoms with E-state index in [1.54, 1.807) is 6.92 Å². The van der Waals surface area contributed by atoms with Gasteiger partial charge < -0.3 is 14.5 Å². The highest BCUT2D eigenvalue weighted by Gasteiger charge is 2.26. The highest BCUT2D eigenvalue weighted by atomic mass is 16.5. The Balaban J connectivity index is 1.44. The molecule has 3 rings (SSSR count). The summed E-state index contributed by atoms with van der Waals surface area (Å²) in [5.74, 6) is 0.127. The number of carbonyl (C=O) groups is 1. The first kappa shape index (κ1) is 18.4. The van der Waals surface area contributed by atoms with E-state index in [9.17, 15) is 4.79 Å². The monoisotopic (exact) mass is 344 g/mol. The predicted octanol–water partition coefficient (Wildman–Crippen LogP) is 3.75. The highest BCUT2D eigenvalue weighted by molar-refractivity contribution is 5.94. The number of hydrogen-bond donors (Lipinski definition) is 0. The van der Waals surface area contributed by atoms with Crippen molar-refractivity contribution in [3.63, 3.8) is 0 Å². The minimum absolute atomic E-state index is 0.127. The average molecular weight is 344 g/mol. The summed E-state index contributed by atoms with van der Waals surface area (Å²) in [6.07, 6.45) is 5.39. The zero-order chi connectivity index (χ0) is 17.8. The Hall–Kier alpha value is -1.39. The van der Waals surface area contributed by atoms with Gasteiger partial charge in [0.1, 0.15) is 0 Å². The lowest BCUT2D eigenvalue weighted by atomic mass is 10.0. The van der Waals surface area contributed by atoms with Crippen molar-refractivity contribution in [3.05, 3.63) is 29.8 Å². The van der Waals surface area contributed by atoms with Crippen molar-refractivity contribution in [3.8, 4) is 0 Å². The number of likely N-dealkylation sites (tertiary alicyclic amines) is 1. The van der Waals surface area contributed by atoms with Crippen LogP contribution in [0.5, 0.6) is 0 Å². The fourth-order valence-corrected chi connectivity index (χ4v) is 3.96. The molecule has 0 spiro atoms. The lowest BCUT2D eigenvalue weighted by Gasteiger charge is -2.38. The summed E-state index contributed by atoms with van der Waals surface area (Å²) in [6.45, 7) is 10.6. The van der Waals surface area contributed by atoms with Gasteiger partial charge in [-0.25, -0.2) is 0 Å². The Morgan fingerprint density at radius 3 is 1.96 bits per heavy atom. The number of hydrogen-bond acceptors (Lipinski definition) is 4. The molecule has 4 heteroatoms. The Bertz CT molecular complexity index is 554. The van der Waals surface area contributed by atoms with Gasteiger partial charge in [-0.2, -0.15) is 0 Å². The van der Waals surface area contributed by atoms with Crippen LogP contribution in [0.3, 0.4) is 0 Å². The van der Waals surface area contributed by atoms with Crippen molar-refractivity contribution in [2.45, 2.75) is 64.7 Å². The number of piperidine rings is 2. The largest absolute Gasteiger partial charge is 0.375 e. The molecule has 4 nitrogen and oxygen atoms in total. The van der Waals surface area contributed by atoms with Crippen LogP contribution in [0.4, 0.5) is 5.69 Å². The molecule has 0 bridgehead atoms. The van der Waals surface area contributed by atoms with Crippen LogP contribution in [0, 0.1) is 0 Å². The maximum Gasteiger partial charge on any atom is 0.159 e. The van der Waals surface area contributed by atoms with E-state index in [-0.39, 0.29) is 5.78 Å². The highest BCUT2D eigenvalue weighted by Crippen LogP contribution is 2.25. The Morgan fingerprint density at radius 1 is 0.960 bits per heavy atom. The van der Waals surface area contributed by atoms with Crippen molar-refractivity contribution in [1.82, 2.24) is 4.90 Å². The number of benzene rings is 1. The maximum atomic E-state index is 11.4. The van der Waals surface area contributed by atoms with Crippen LogP contribution < -0.4 is 4.90 Å². The second kappa shape index (κ2) is 8.33. The number of rotatable bonds is 5. The number of nitrogens with zero attached hydrogens (tertiary/aromatic N) is 2. The van der Waals surface area contributed by atoms with Crippen LogP contribution in [0.2, 0.25) is 0 Å². The molecule has 0 unspecified atom stereocenters. The molecule has 25 heavy (non-hydrogen) atoms. The van der Waals surface area contributed by atoms with Gasteiger partial charge in [-0.3, -0.25) is 4.79 Å². The van der Waals surface area contributed by atoms with Gasteiger partial charge in [0.15, 0.2) is 5.78 Å². The average Bonchev–Trinajstić information content (AvgIpc) is 2.63. The molecule has 2 fully saturated rings. The van der Waals surface area contributed by atoms with Crippen LogP contribution in [0.1, 0.15) is 56.8 Å². The van der Waals surface area contributed by atoms with E-state index < -0.39 is 0 Å². The van der Waals surface area contributed by atoms with Crippen LogP contribution in [0.25, 0.3) is 0 Å². The van der Waals surface area contributed by atoms with E-state index >= 15 is 0 Å². The number of ether oxygens (including phenoxy) is 1. The van der Waals surface area contributed by atoms with Crippen molar-refractivity contribution in [1.29, 1.82) is 0 Å². The molecule has 0 saturated carbocycles. The summed E-state index contributed by atoms with van der Waals surface area (Å²) in [5, 5.41) is 0. The summed E-state index contributed by atoms with van der Waals surface area (Å²) in [6, 6.07) is 8.66. The summed E-state index contributed by atoms with van der Waals surface area (Å²) in [5.41, 5.74) is 2.00. The number of carbonyl (C=O) groups excluding carboxylic acids is 1. The minimum atomic E-state index is 0.127. The van der Waals surface area contributed by atoms with Gasteiger partial charge in [-0.15, -0.1) is 0 Å². The molecule has 2 saturated heterocycles. The first-order valence-corrected chi connectivity index (χ1v) is 9.78. The Labute approximate surface area is 152 Å². The van der Waals surface area contributed by atoms with E-state index in [0.717, 1.165) is 31.5 Å². The maximum absolute atomic E-state index is 11.4. The summed E-state index contributed by atoms with van der Waals surface area (Å²) >= 11 is 0. The standard InChI is InChI=1S/C21H32N2O2/c1-16(2)22-12-8-20(9-13-22)25-21-10-14-23(15-11-21)19-6-4-18(5-7-19)17(3)24/h4-7,16,20-21H,8-15H2,1-3H3. The molecule has 1 aromatic carbocycles. The normalized spacial score (nSPS) is 21.0. The molecule has 138 valence electrons. The number of Topliss-reactive ketones (excluding diaryl/α,β-unsaturated/α-hetero) is 1. The molecule has 0 aromatic heterocycles. The van der Waals surface area contributed by atoms with Gasteiger partial charge in [0.25, 0.3) is 0 Å². The zero-order valence-corrected chi connectivity index (χ0v) is 15.9. The van der Waals surface area contributed by atoms with E-state index in [0.29, 0.717) is 18.2 Å². The minimum Gasteiger partial charge on any atom is -0.375 e. The van der Waals surface area contributed by atoms with Crippen LogP contribution in [0.15, 0.2) is 24.3 Å². The van der Waals surface area contributed by atoms with E-state index in [2.05, 4.69) is 35.8 Å². The fraction of sp³-hybridized carbons (Fsp3) is 0.667. The summed E-state index contributed by atoms with van der Waals surface area (Å²) in [4.78, 5) is 16.3. The number of anilines is 1. The molecule has 2 heterocycles. The molecule has 2 aliphatic heterocycles. The molecular formula is C21H32N2O2. The number of ketones is 1. The van der Waals surface area contributed by atoms with Crippen LogP contribution in [-0.4, -0.2) is 55.1 Å². The van der Waals surface area contributed by atoms with Gasteiger partial charge in [-0.1, -0.05) is 0 Å². The molecule has 0 atom stereocenters. The van der Waals surface area contributed by atoms with Crippen molar-refractivity contribution < 1.29 is 9.53 Å². The Kier molecular flexibility index (Phi) is 6.13. The van der Waals surface area contributed by atoms with Crippen molar-refractivity contribution in [2.75, 3.05) is 31.1 Å². The molecule has 0 N–H and O–H groups in total. The third-order valence-electron chi connectivity index (χ3n) is 5.67. The zero-order valence-electron chi connectivity index (χ0n) is 15.9. The fourth-order valence-electron chi connectivity index (χ4n) is 3.96. The molecular weight excluding hydrogens is 312 g/mol. The molecule has 0 aliphatic carbocycles. The third-order valence-corrected chi connectivity index (χ3v) is 5.67. The van der Waals surface area contributed by atoms with Gasteiger partial charge in [0.2, 0.25) is 0 Å². The SMILES string of the molecule is CC(=O)c1ccc(N2CCC(OC3CCN(C(C)C)CC3)CC2)cc1. The second-order valence-electron chi connectivity index (χ2n) is 7.75. The van der Waals surface area contributed by atoms with E-state index in [4.69, 9.17) is 4.74 Å². The molecule has 2 aliphatic rings. The van der Waals surface area contributed by atoms with Gasteiger partial charge >= 0.3 is 0 Å². The summed E-state index contributed by atoms with van der Waals surface area (Å²) < 4.78 is 6.40. The van der Waals surface area contributed by atoms with Gasteiger partial charge in [0.05, 0.1) is 12.2 Å². The topological polar surface area (TPSA) is 32.8 Å². The van der Waals surface area contributed by atoms with Crippen molar-refractivity contribution in [2.24, 2.45) is 0 Å². The van der Waals surface area contributed by atoms with Gasteiger partial charge in [0, 0.05) is 43.5 Å². The lowest BCUT2D eigenvalue weighted by molar-refractivity contribution is -0.0540. The third kappa shape index (κ3) is 4.83. The molecule has 1 aromatic rings. The molecule has 0 radical (unpaired) electrons. The lowest BCUT2D eigenvalue weighted by Crippen LogP contribution is -2.43. The second-order valence-corrected chi connectivity index (χ2v) is 7.75. The smallest absolute Gasteiger partial charge is 0.159 e.